The summed E-state index contributed by atoms with van der Waals surface area (Å²) in [7, 11) is 0. The first-order valence-corrected chi connectivity index (χ1v) is 8.38. The van der Waals surface area contributed by atoms with E-state index in [0.29, 0.717) is 24.7 Å². The summed E-state index contributed by atoms with van der Waals surface area (Å²) < 4.78 is 24.0. The van der Waals surface area contributed by atoms with Crippen molar-refractivity contribution in [3.05, 3.63) is 35.7 Å². The molecule has 0 aliphatic carbocycles. The van der Waals surface area contributed by atoms with Crippen LogP contribution in [-0.4, -0.2) is 54.1 Å². The second kappa shape index (κ2) is 8.23. The number of nitrogens with one attached hydrogen (secondary N) is 1. The molecule has 2 atom stereocenters. The molecule has 0 bridgehead atoms. The van der Waals surface area contributed by atoms with Crippen LogP contribution in [0.15, 0.2) is 28.8 Å². The molecule has 8 heteroatoms. The summed E-state index contributed by atoms with van der Waals surface area (Å²) in [5, 5.41) is 7.13. The van der Waals surface area contributed by atoms with Crippen molar-refractivity contribution in [3.8, 4) is 11.4 Å². The van der Waals surface area contributed by atoms with E-state index in [1.165, 1.54) is 5.56 Å². The lowest BCUT2D eigenvalue weighted by Gasteiger charge is -2.26. The maximum absolute atomic E-state index is 13.3. The Morgan fingerprint density at radius 1 is 1.28 bits per heavy atom. The van der Waals surface area contributed by atoms with Crippen LogP contribution in [0.2, 0.25) is 0 Å². The van der Waals surface area contributed by atoms with Crippen molar-refractivity contribution < 1.29 is 13.7 Å². The van der Waals surface area contributed by atoms with Gasteiger partial charge in [0.25, 0.3) is 0 Å². The van der Waals surface area contributed by atoms with Crippen molar-refractivity contribution >= 4 is 12.4 Å². The Morgan fingerprint density at radius 3 is 2.88 bits per heavy atom. The van der Waals surface area contributed by atoms with Crippen LogP contribution in [0, 0.1) is 0 Å². The van der Waals surface area contributed by atoms with Crippen LogP contribution in [0.5, 0.6) is 0 Å². The van der Waals surface area contributed by atoms with Gasteiger partial charge in [-0.1, -0.05) is 23.4 Å². The smallest absolute Gasteiger partial charge is 0.244 e. The number of alkyl halides is 1. The molecule has 2 aliphatic rings. The summed E-state index contributed by atoms with van der Waals surface area (Å²) in [5.41, 5.74) is 2.13. The van der Waals surface area contributed by atoms with Gasteiger partial charge in [0.05, 0.1) is 19.3 Å². The van der Waals surface area contributed by atoms with Crippen LogP contribution in [0.3, 0.4) is 0 Å². The molecule has 0 amide bonds. The van der Waals surface area contributed by atoms with Crippen molar-refractivity contribution in [2.75, 3.05) is 32.8 Å². The zero-order valence-electron chi connectivity index (χ0n) is 13.9. The molecular weight excluding hydrogens is 347 g/mol. The molecule has 2 fully saturated rings. The number of ether oxygens (including phenoxy) is 1. The van der Waals surface area contributed by atoms with Gasteiger partial charge in [-0.25, -0.2) is 4.39 Å². The summed E-state index contributed by atoms with van der Waals surface area (Å²) in [6.45, 7) is 4.71. The zero-order valence-corrected chi connectivity index (χ0v) is 14.7. The number of halogens is 2. The standard InChI is InChI=1S/C17H21FN4O2.ClH/c18-14-9-15(19-10-14)17-20-16(21-24-17)13-3-1-2-12(8-13)11-22-4-6-23-7-5-22;/h1-3,8,14-15,19H,4-7,9-11H2;1H/t14-,15+;/m0./s1. The van der Waals surface area contributed by atoms with Gasteiger partial charge in [-0.2, -0.15) is 4.98 Å². The van der Waals surface area contributed by atoms with Crippen molar-refractivity contribution in [2.24, 2.45) is 0 Å². The van der Waals surface area contributed by atoms with Crippen LogP contribution < -0.4 is 5.32 Å². The quantitative estimate of drug-likeness (QED) is 0.893. The van der Waals surface area contributed by atoms with Crippen molar-refractivity contribution in [1.29, 1.82) is 0 Å². The molecule has 1 N–H and O–H groups in total. The fourth-order valence-electron chi connectivity index (χ4n) is 3.20. The van der Waals surface area contributed by atoms with Gasteiger partial charge in [0.2, 0.25) is 11.7 Å². The van der Waals surface area contributed by atoms with Gasteiger partial charge in [-0.15, -0.1) is 12.4 Å². The van der Waals surface area contributed by atoms with E-state index in [0.717, 1.165) is 38.4 Å². The SMILES string of the molecule is Cl.F[C@@H]1CN[C@@H](c2nc(-c3cccc(CN4CCOCC4)c3)no2)C1. The predicted octanol–water partition coefficient (Wildman–Crippen LogP) is 2.36. The number of hydrogen-bond donors (Lipinski definition) is 1. The molecule has 25 heavy (non-hydrogen) atoms. The second-order valence-electron chi connectivity index (χ2n) is 6.34. The van der Waals surface area contributed by atoms with E-state index >= 15 is 0 Å². The van der Waals surface area contributed by atoms with Crippen LogP contribution in [0.4, 0.5) is 4.39 Å². The molecule has 0 unspecified atom stereocenters. The van der Waals surface area contributed by atoms with Crippen LogP contribution in [-0.2, 0) is 11.3 Å². The minimum atomic E-state index is -0.845. The third kappa shape index (κ3) is 4.36. The van der Waals surface area contributed by atoms with Gasteiger partial charge in [-0.05, 0) is 11.6 Å². The predicted molar refractivity (Wildman–Crippen MR) is 93.3 cm³/mol. The zero-order chi connectivity index (χ0) is 16.4. The molecule has 0 radical (unpaired) electrons. The fraction of sp³-hybridized carbons (Fsp3) is 0.529. The van der Waals surface area contributed by atoms with Gasteiger partial charge in [0.1, 0.15) is 6.17 Å². The van der Waals surface area contributed by atoms with E-state index in [1.807, 2.05) is 12.1 Å². The van der Waals surface area contributed by atoms with Gasteiger partial charge in [0.15, 0.2) is 0 Å². The molecule has 4 rings (SSSR count). The molecule has 2 aromatic rings. The number of hydrogen-bond acceptors (Lipinski definition) is 6. The summed E-state index contributed by atoms with van der Waals surface area (Å²) >= 11 is 0. The average Bonchev–Trinajstić information content (AvgIpc) is 3.25. The highest BCUT2D eigenvalue weighted by Crippen LogP contribution is 2.26. The van der Waals surface area contributed by atoms with E-state index < -0.39 is 6.17 Å². The number of rotatable bonds is 4. The highest BCUT2D eigenvalue weighted by Gasteiger charge is 2.29. The Bertz CT molecular complexity index is 693. The Kier molecular flexibility index (Phi) is 6.01. The minimum absolute atomic E-state index is 0. The summed E-state index contributed by atoms with van der Waals surface area (Å²) in [6.07, 6.45) is -0.458. The average molecular weight is 369 g/mol. The lowest BCUT2D eigenvalue weighted by atomic mass is 10.1. The second-order valence-corrected chi connectivity index (χ2v) is 6.34. The van der Waals surface area contributed by atoms with Crippen molar-refractivity contribution in [3.63, 3.8) is 0 Å². The van der Waals surface area contributed by atoms with E-state index in [2.05, 4.69) is 32.5 Å². The maximum atomic E-state index is 13.3. The molecule has 6 nitrogen and oxygen atoms in total. The van der Waals surface area contributed by atoms with Crippen LogP contribution in [0.25, 0.3) is 11.4 Å². The van der Waals surface area contributed by atoms with E-state index in [4.69, 9.17) is 9.26 Å². The largest absolute Gasteiger partial charge is 0.379 e. The van der Waals surface area contributed by atoms with E-state index in [-0.39, 0.29) is 18.4 Å². The van der Waals surface area contributed by atoms with Gasteiger partial charge in [0, 0.05) is 38.2 Å². The first-order chi connectivity index (χ1) is 11.8. The molecular formula is C17H22ClFN4O2. The molecule has 1 aromatic heterocycles. The fourth-order valence-corrected chi connectivity index (χ4v) is 3.20. The summed E-state index contributed by atoms with van der Waals surface area (Å²) in [6, 6.07) is 7.98. The summed E-state index contributed by atoms with van der Waals surface area (Å²) in [4.78, 5) is 6.81. The lowest BCUT2D eigenvalue weighted by Crippen LogP contribution is -2.35. The Hall–Kier alpha value is -1.54. The third-order valence-corrected chi connectivity index (χ3v) is 4.51. The van der Waals surface area contributed by atoms with Crippen molar-refractivity contribution in [2.45, 2.75) is 25.2 Å². The molecule has 3 heterocycles. The van der Waals surface area contributed by atoms with Gasteiger partial charge in [-0.3, -0.25) is 4.90 Å². The Labute approximate surface area is 152 Å². The summed E-state index contributed by atoms with van der Waals surface area (Å²) in [5.74, 6) is 1.02. The molecule has 0 saturated carbocycles. The molecule has 2 aliphatic heterocycles. The van der Waals surface area contributed by atoms with Crippen LogP contribution >= 0.6 is 12.4 Å². The first-order valence-electron chi connectivity index (χ1n) is 8.38. The molecule has 0 spiro atoms. The van der Waals surface area contributed by atoms with E-state index in [1.54, 1.807) is 0 Å². The van der Waals surface area contributed by atoms with Crippen LogP contribution in [0.1, 0.15) is 23.9 Å². The van der Waals surface area contributed by atoms with Gasteiger partial charge >= 0.3 is 0 Å². The minimum Gasteiger partial charge on any atom is -0.379 e. The maximum Gasteiger partial charge on any atom is 0.244 e. The molecule has 2 saturated heterocycles. The van der Waals surface area contributed by atoms with Crippen molar-refractivity contribution in [1.82, 2.24) is 20.4 Å². The number of nitrogens with zero attached hydrogens (tertiary/aromatic N) is 3. The molecule has 1 aromatic carbocycles. The first kappa shape index (κ1) is 18.3. The normalized spacial score (nSPS) is 24.2. The Morgan fingerprint density at radius 2 is 2.12 bits per heavy atom. The highest BCUT2D eigenvalue weighted by molar-refractivity contribution is 5.85. The number of aromatic nitrogens is 2. The Balaban J connectivity index is 0.00000182. The van der Waals surface area contributed by atoms with E-state index in [9.17, 15) is 4.39 Å². The lowest BCUT2D eigenvalue weighted by molar-refractivity contribution is 0.0342. The monoisotopic (exact) mass is 368 g/mol. The topological polar surface area (TPSA) is 63.4 Å². The van der Waals surface area contributed by atoms with Gasteiger partial charge < -0.3 is 14.6 Å². The number of morpholine rings is 1. The number of benzene rings is 1. The highest BCUT2D eigenvalue weighted by atomic mass is 35.5. The third-order valence-electron chi connectivity index (χ3n) is 4.51. The molecule has 136 valence electrons.